The Morgan fingerprint density at radius 1 is 1.33 bits per heavy atom. The predicted octanol–water partition coefficient (Wildman–Crippen LogP) is 1.62. The van der Waals surface area contributed by atoms with Crippen LogP contribution >= 0.6 is 0 Å². The van der Waals surface area contributed by atoms with Gasteiger partial charge in [-0.3, -0.25) is 9.59 Å². The van der Waals surface area contributed by atoms with Crippen LogP contribution in [-0.2, 0) is 24.2 Å². The zero-order valence-corrected chi connectivity index (χ0v) is 13.9. The lowest BCUT2D eigenvalue weighted by atomic mass is 10.2. The molecule has 1 aliphatic carbocycles. The third-order valence-corrected chi connectivity index (χ3v) is 4.35. The lowest BCUT2D eigenvalue weighted by Gasteiger charge is -2.15. The first kappa shape index (κ1) is 16.2. The Morgan fingerprint density at radius 2 is 2.08 bits per heavy atom. The van der Waals surface area contributed by atoms with Gasteiger partial charge in [0.05, 0.1) is 12.8 Å². The van der Waals surface area contributed by atoms with Crippen molar-refractivity contribution in [2.24, 2.45) is 0 Å². The van der Waals surface area contributed by atoms with Gasteiger partial charge in [0, 0.05) is 12.6 Å². The summed E-state index contributed by atoms with van der Waals surface area (Å²) in [5.74, 6) is 0.547. The van der Waals surface area contributed by atoms with E-state index in [1.54, 1.807) is 20.1 Å². The summed E-state index contributed by atoms with van der Waals surface area (Å²) in [6, 6.07) is 8.45. The van der Waals surface area contributed by atoms with Crippen molar-refractivity contribution in [1.82, 2.24) is 15.1 Å². The molecule has 1 atom stereocenters. The Balaban J connectivity index is 1.67. The molecule has 3 rings (SSSR count). The van der Waals surface area contributed by atoms with Crippen LogP contribution in [0.3, 0.4) is 0 Å². The van der Waals surface area contributed by atoms with Crippen LogP contribution in [0, 0.1) is 0 Å². The van der Waals surface area contributed by atoms with E-state index in [0.29, 0.717) is 6.54 Å². The fraction of sp³-hybridized carbons (Fsp3) is 0.389. The molecule has 1 N–H and O–H groups in total. The van der Waals surface area contributed by atoms with Gasteiger partial charge in [-0.2, -0.15) is 5.10 Å². The monoisotopic (exact) mass is 327 g/mol. The van der Waals surface area contributed by atoms with Crippen LogP contribution in [0.1, 0.15) is 36.2 Å². The number of aryl methyl sites for hydroxylation is 2. The molecule has 1 unspecified atom stereocenters. The number of rotatable bonds is 5. The summed E-state index contributed by atoms with van der Waals surface area (Å²) in [5, 5.41) is 7.23. The van der Waals surface area contributed by atoms with E-state index in [0.717, 1.165) is 41.8 Å². The maximum atomic E-state index is 12.4. The molecule has 6 nitrogen and oxygen atoms in total. The van der Waals surface area contributed by atoms with Crippen molar-refractivity contribution in [1.29, 1.82) is 0 Å². The number of aromatic nitrogens is 2. The molecule has 1 aromatic heterocycles. The van der Waals surface area contributed by atoms with Gasteiger partial charge >= 0.3 is 0 Å². The van der Waals surface area contributed by atoms with Gasteiger partial charge in [0.25, 0.3) is 5.56 Å². The molecule has 0 spiro atoms. The SMILES string of the molecule is COc1ccc(CNC(=O)C(C)n2nc3c(cc2=O)CCC3)cc1. The fourth-order valence-corrected chi connectivity index (χ4v) is 2.88. The number of hydrogen-bond acceptors (Lipinski definition) is 4. The maximum absolute atomic E-state index is 12.4. The van der Waals surface area contributed by atoms with Crippen molar-refractivity contribution in [3.63, 3.8) is 0 Å². The second kappa shape index (κ2) is 6.86. The minimum absolute atomic E-state index is 0.220. The average Bonchev–Trinajstić information content (AvgIpc) is 3.05. The van der Waals surface area contributed by atoms with Gasteiger partial charge in [-0.15, -0.1) is 0 Å². The van der Waals surface area contributed by atoms with Crippen LogP contribution in [0.15, 0.2) is 35.1 Å². The van der Waals surface area contributed by atoms with Gasteiger partial charge in [-0.25, -0.2) is 4.68 Å². The minimum Gasteiger partial charge on any atom is -0.497 e. The number of benzene rings is 1. The molecule has 0 fully saturated rings. The van der Waals surface area contributed by atoms with E-state index < -0.39 is 6.04 Å². The summed E-state index contributed by atoms with van der Waals surface area (Å²) >= 11 is 0. The highest BCUT2D eigenvalue weighted by atomic mass is 16.5. The van der Waals surface area contributed by atoms with Crippen molar-refractivity contribution in [2.45, 2.75) is 38.8 Å². The summed E-state index contributed by atoms with van der Waals surface area (Å²) in [6.45, 7) is 2.09. The molecule has 1 aromatic carbocycles. The fourth-order valence-electron chi connectivity index (χ4n) is 2.88. The summed E-state index contributed by atoms with van der Waals surface area (Å²) in [7, 11) is 1.61. The number of carbonyl (C=O) groups is 1. The van der Waals surface area contributed by atoms with Crippen molar-refractivity contribution in [3.05, 3.63) is 57.5 Å². The molecule has 0 radical (unpaired) electrons. The van der Waals surface area contributed by atoms with Gasteiger partial charge in [0.15, 0.2) is 0 Å². The number of fused-ring (bicyclic) bond motifs is 1. The number of carbonyl (C=O) groups excluding carboxylic acids is 1. The van der Waals surface area contributed by atoms with Gasteiger partial charge in [0.1, 0.15) is 11.8 Å². The number of nitrogens with one attached hydrogen (secondary N) is 1. The first-order valence-corrected chi connectivity index (χ1v) is 8.10. The lowest BCUT2D eigenvalue weighted by Crippen LogP contribution is -2.37. The highest BCUT2D eigenvalue weighted by molar-refractivity contribution is 5.79. The Bertz CT molecular complexity index is 796. The largest absolute Gasteiger partial charge is 0.497 e. The van der Waals surface area contributed by atoms with Crippen LogP contribution in [-0.4, -0.2) is 22.8 Å². The highest BCUT2D eigenvalue weighted by Crippen LogP contribution is 2.18. The zero-order valence-electron chi connectivity index (χ0n) is 13.9. The van der Waals surface area contributed by atoms with Crippen LogP contribution in [0.2, 0.25) is 0 Å². The summed E-state index contributed by atoms with van der Waals surface area (Å²) in [4.78, 5) is 24.5. The van der Waals surface area contributed by atoms with Crippen LogP contribution in [0.25, 0.3) is 0 Å². The summed E-state index contributed by atoms with van der Waals surface area (Å²) in [5.41, 5.74) is 2.69. The molecule has 1 aliphatic rings. The maximum Gasteiger partial charge on any atom is 0.267 e. The molecule has 0 aliphatic heterocycles. The second-order valence-electron chi connectivity index (χ2n) is 5.99. The molecule has 24 heavy (non-hydrogen) atoms. The molecule has 2 aromatic rings. The van der Waals surface area contributed by atoms with E-state index in [1.807, 2.05) is 24.3 Å². The number of methoxy groups -OCH3 is 1. The number of hydrogen-bond donors (Lipinski definition) is 1. The lowest BCUT2D eigenvalue weighted by molar-refractivity contribution is -0.124. The number of amides is 1. The van der Waals surface area contributed by atoms with E-state index >= 15 is 0 Å². The van der Waals surface area contributed by atoms with Gasteiger partial charge in [-0.05, 0) is 49.4 Å². The van der Waals surface area contributed by atoms with E-state index in [4.69, 9.17) is 4.74 Å². The van der Waals surface area contributed by atoms with E-state index in [1.165, 1.54) is 4.68 Å². The first-order chi connectivity index (χ1) is 11.6. The molecule has 6 heteroatoms. The van der Waals surface area contributed by atoms with Gasteiger partial charge < -0.3 is 10.1 Å². The van der Waals surface area contributed by atoms with Crippen LogP contribution in [0.4, 0.5) is 0 Å². The van der Waals surface area contributed by atoms with Crippen LogP contribution < -0.4 is 15.6 Å². The van der Waals surface area contributed by atoms with Gasteiger partial charge in [0.2, 0.25) is 5.91 Å². The van der Waals surface area contributed by atoms with E-state index in [2.05, 4.69) is 10.4 Å². The van der Waals surface area contributed by atoms with Crippen molar-refractivity contribution >= 4 is 5.91 Å². The van der Waals surface area contributed by atoms with E-state index in [9.17, 15) is 9.59 Å². The standard InChI is InChI=1S/C18H21N3O3/c1-12(21-17(22)10-14-4-3-5-16(14)20-21)18(23)19-11-13-6-8-15(24-2)9-7-13/h6-10,12H,3-5,11H2,1-2H3,(H,19,23). The second-order valence-corrected chi connectivity index (χ2v) is 5.99. The highest BCUT2D eigenvalue weighted by Gasteiger charge is 2.21. The molecule has 0 bridgehead atoms. The molecule has 1 amide bonds. The number of nitrogens with zero attached hydrogens (tertiary/aromatic N) is 2. The molecule has 0 saturated carbocycles. The third-order valence-electron chi connectivity index (χ3n) is 4.35. The Morgan fingerprint density at radius 3 is 2.79 bits per heavy atom. The summed E-state index contributed by atoms with van der Waals surface area (Å²) in [6.07, 6.45) is 2.79. The van der Waals surface area contributed by atoms with Crippen molar-refractivity contribution in [3.8, 4) is 5.75 Å². The molecule has 0 saturated heterocycles. The first-order valence-electron chi connectivity index (χ1n) is 8.10. The van der Waals surface area contributed by atoms with Gasteiger partial charge in [-0.1, -0.05) is 12.1 Å². The molecular weight excluding hydrogens is 306 g/mol. The minimum atomic E-state index is -0.637. The Kier molecular flexibility index (Phi) is 4.64. The van der Waals surface area contributed by atoms with Crippen molar-refractivity contribution in [2.75, 3.05) is 7.11 Å². The molecule has 1 heterocycles. The molecule has 126 valence electrons. The van der Waals surface area contributed by atoms with Crippen LogP contribution in [0.5, 0.6) is 5.75 Å². The predicted molar refractivity (Wildman–Crippen MR) is 90.1 cm³/mol. The Labute approximate surface area is 140 Å². The quantitative estimate of drug-likeness (QED) is 0.906. The average molecular weight is 327 g/mol. The Hall–Kier alpha value is -2.63. The molecular formula is C18H21N3O3. The van der Waals surface area contributed by atoms with Crippen molar-refractivity contribution < 1.29 is 9.53 Å². The summed E-state index contributed by atoms with van der Waals surface area (Å²) < 4.78 is 6.39. The number of ether oxygens (including phenoxy) is 1. The topological polar surface area (TPSA) is 73.2 Å². The smallest absolute Gasteiger partial charge is 0.267 e. The van der Waals surface area contributed by atoms with E-state index in [-0.39, 0.29) is 11.5 Å². The third kappa shape index (κ3) is 3.32. The normalized spacial score (nSPS) is 14.1. The zero-order chi connectivity index (χ0) is 17.1.